The second-order valence-corrected chi connectivity index (χ2v) is 6.27. The summed E-state index contributed by atoms with van der Waals surface area (Å²) in [5, 5.41) is 1.06. The van der Waals surface area contributed by atoms with Crippen LogP contribution in [-0.2, 0) is 24.4 Å². The molecule has 1 rings (SSSR count). The second kappa shape index (κ2) is 8.11. The quantitative estimate of drug-likeness (QED) is 0.430. The maximum Gasteiger partial charge on any atom is 0.329 e. The molecule has 0 bridgehead atoms. The van der Waals surface area contributed by atoms with Crippen molar-refractivity contribution in [3.8, 4) is 0 Å². The lowest BCUT2D eigenvalue weighted by Gasteiger charge is -2.18. The first-order valence-electron chi connectivity index (χ1n) is 6.35. The van der Waals surface area contributed by atoms with Crippen molar-refractivity contribution < 1.29 is 27.3 Å². The maximum absolute atomic E-state index is 12.0. The van der Waals surface area contributed by atoms with Crippen LogP contribution in [0.15, 0.2) is 30.3 Å². The van der Waals surface area contributed by atoms with E-state index >= 15 is 0 Å². The second-order valence-electron chi connectivity index (χ2n) is 4.34. The minimum absolute atomic E-state index is 0.000329. The molecule has 0 fully saturated rings. The van der Waals surface area contributed by atoms with E-state index in [0.717, 1.165) is 0 Å². The van der Waals surface area contributed by atoms with Crippen LogP contribution in [0.5, 0.6) is 0 Å². The third kappa shape index (κ3) is 6.00. The van der Waals surface area contributed by atoms with Gasteiger partial charge in [0.15, 0.2) is 0 Å². The molecule has 0 aliphatic carbocycles. The zero-order valence-electron chi connectivity index (χ0n) is 11.7. The summed E-state index contributed by atoms with van der Waals surface area (Å²) >= 11 is 5.98. The highest BCUT2D eigenvalue weighted by molar-refractivity contribution is 7.85. The maximum atomic E-state index is 12.0. The number of carbonyl (C=O) groups is 2. The number of hydrogen-bond acceptors (Lipinski definition) is 5. The molecule has 0 saturated carbocycles. The predicted octanol–water partition coefficient (Wildman–Crippen LogP) is 0.902. The van der Waals surface area contributed by atoms with Crippen molar-refractivity contribution in [2.75, 3.05) is 12.4 Å². The van der Waals surface area contributed by atoms with Gasteiger partial charge < -0.3 is 10.1 Å². The van der Waals surface area contributed by atoms with Crippen LogP contribution in [0.3, 0.4) is 0 Å². The first kappa shape index (κ1) is 18.4. The van der Waals surface area contributed by atoms with Crippen molar-refractivity contribution in [2.24, 2.45) is 0 Å². The summed E-state index contributed by atoms with van der Waals surface area (Å²) < 4.78 is 35.4. The van der Waals surface area contributed by atoms with E-state index in [9.17, 15) is 18.0 Å². The minimum atomic E-state index is -4.48. The van der Waals surface area contributed by atoms with Crippen molar-refractivity contribution in [3.05, 3.63) is 35.9 Å². The van der Waals surface area contributed by atoms with E-state index in [4.69, 9.17) is 16.2 Å². The third-order valence-corrected chi connectivity index (χ3v) is 3.79. The van der Waals surface area contributed by atoms with Crippen molar-refractivity contribution in [1.29, 1.82) is 0 Å². The average Bonchev–Trinajstić information content (AvgIpc) is 2.45. The monoisotopic (exact) mass is 349 g/mol. The van der Waals surface area contributed by atoms with E-state index in [1.54, 1.807) is 30.3 Å². The fourth-order valence-corrected chi connectivity index (χ4v) is 2.49. The topological polar surface area (TPSA) is 110 Å². The largest absolute Gasteiger partial charge is 0.464 e. The minimum Gasteiger partial charge on any atom is -0.464 e. The molecule has 2 atom stereocenters. The molecule has 0 aliphatic rings. The van der Waals surface area contributed by atoms with E-state index in [1.165, 1.54) is 6.92 Å². The first-order valence-corrected chi connectivity index (χ1v) is 8.40. The van der Waals surface area contributed by atoms with Crippen LogP contribution in [-0.4, -0.2) is 43.2 Å². The Bertz CT molecular complexity index is 619. The molecule has 1 aromatic carbocycles. The van der Waals surface area contributed by atoms with Crippen LogP contribution in [0.1, 0.15) is 17.9 Å². The molecule has 0 aliphatic heterocycles. The van der Waals surface area contributed by atoms with Gasteiger partial charge in [0, 0.05) is 0 Å². The highest BCUT2D eigenvalue weighted by Crippen LogP contribution is 2.20. The van der Waals surface area contributed by atoms with E-state index in [0.29, 0.717) is 5.56 Å². The number of benzene rings is 1. The Morgan fingerprint density at radius 1 is 1.32 bits per heavy atom. The zero-order chi connectivity index (χ0) is 16.8. The van der Waals surface area contributed by atoms with Crippen LogP contribution in [0, 0.1) is 0 Å². The standard InChI is InChI=1S/C13H16ClNO6S/c1-2-21-13(17)10(8-22(18,19)20)15-12(16)11(14)9-6-4-3-5-7-9/h3-7,10-11H,2,8H2,1H3,(H,15,16)(H,18,19,20). The van der Waals surface area contributed by atoms with Gasteiger partial charge in [-0.1, -0.05) is 30.3 Å². The van der Waals surface area contributed by atoms with Gasteiger partial charge in [0.05, 0.1) is 6.61 Å². The van der Waals surface area contributed by atoms with Crippen molar-refractivity contribution in [3.63, 3.8) is 0 Å². The fourth-order valence-electron chi connectivity index (χ4n) is 1.64. The molecule has 22 heavy (non-hydrogen) atoms. The summed E-state index contributed by atoms with van der Waals surface area (Å²) in [5.74, 6) is -2.73. The van der Waals surface area contributed by atoms with E-state index in [2.05, 4.69) is 10.1 Å². The first-order chi connectivity index (χ1) is 10.2. The van der Waals surface area contributed by atoms with Crippen LogP contribution < -0.4 is 5.32 Å². The number of esters is 1. The van der Waals surface area contributed by atoms with Crippen molar-refractivity contribution >= 4 is 33.6 Å². The molecule has 9 heteroatoms. The lowest BCUT2D eigenvalue weighted by molar-refractivity contribution is -0.146. The van der Waals surface area contributed by atoms with Gasteiger partial charge in [-0.15, -0.1) is 11.6 Å². The predicted molar refractivity (Wildman–Crippen MR) is 80.0 cm³/mol. The lowest BCUT2D eigenvalue weighted by atomic mass is 10.1. The molecule has 0 heterocycles. The Balaban J connectivity index is 2.84. The van der Waals surface area contributed by atoms with Gasteiger partial charge in [-0.25, -0.2) is 4.79 Å². The van der Waals surface area contributed by atoms with E-state index in [-0.39, 0.29) is 6.61 Å². The summed E-state index contributed by atoms with van der Waals surface area (Å²) in [7, 11) is -4.48. The smallest absolute Gasteiger partial charge is 0.329 e. The molecular formula is C13H16ClNO6S. The Morgan fingerprint density at radius 2 is 1.91 bits per heavy atom. The Hall–Kier alpha value is -1.64. The number of rotatable bonds is 7. The Morgan fingerprint density at radius 3 is 2.41 bits per heavy atom. The molecule has 0 radical (unpaired) electrons. The van der Waals surface area contributed by atoms with Gasteiger partial charge in [0.25, 0.3) is 10.1 Å². The van der Waals surface area contributed by atoms with Crippen LogP contribution >= 0.6 is 11.6 Å². The normalized spacial score (nSPS) is 14.0. The van der Waals surface area contributed by atoms with Crippen LogP contribution in [0.4, 0.5) is 0 Å². The molecule has 7 nitrogen and oxygen atoms in total. The number of carbonyl (C=O) groups excluding carboxylic acids is 2. The van der Waals surface area contributed by atoms with Gasteiger partial charge in [-0.3, -0.25) is 9.35 Å². The van der Waals surface area contributed by atoms with Gasteiger partial charge in [0.2, 0.25) is 5.91 Å². The van der Waals surface area contributed by atoms with E-state index in [1.807, 2.05) is 0 Å². The molecule has 1 aromatic rings. The molecule has 2 unspecified atom stereocenters. The average molecular weight is 350 g/mol. The molecule has 2 N–H and O–H groups in total. The summed E-state index contributed by atoms with van der Waals surface area (Å²) in [6.45, 7) is 1.53. The number of halogens is 1. The molecule has 0 spiro atoms. The number of alkyl halides is 1. The highest BCUT2D eigenvalue weighted by atomic mass is 35.5. The SMILES string of the molecule is CCOC(=O)C(CS(=O)(=O)O)NC(=O)C(Cl)c1ccccc1. The summed E-state index contributed by atoms with van der Waals surface area (Å²) in [4.78, 5) is 23.7. The van der Waals surface area contributed by atoms with E-state index < -0.39 is 39.2 Å². The van der Waals surface area contributed by atoms with Gasteiger partial charge in [0.1, 0.15) is 17.2 Å². The number of nitrogens with one attached hydrogen (secondary N) is 1. The number of ether oxygens (including phenoxy) is 1. The lowest BCUT2D eigenvalue weighted by Crippen LogP contribution is -2.47. The molecule has 1 amide bonds. The van der Waals surface area contributed by atoms with Crippen LogP contribution in [0.2, 0.25) is 0 Å². The number of hydrogen-bond donors (Lipinski definition) is 2. The summed E-state index contributed by atoms with van der Waals surface area (Å²) in [5.41, 5.74) is 0.483. The Kier molecular flexibility index (Phi) is 6.79. The number of amides is 1. The summed E-state index contributed by atoms with van der Waals surface area (Å²) in [6, 6.07) is 6.79. The van der Waals surface area contributed by atoms with Gasteiger partial charge >= 0.3 is 5.97 Å². The Labute approximate surface area is 133 Å². The zero-order valence-corrected chi connectivity index (χ0v) is 13.3. The highest BCUT2D eigenvalue weighted by Gasteiger charge is 2.29. The van der Waals surface area contributed by atoms with Crippen molar-refractivity contribution in [1.82, 2.24) is 5.32 Å². The molecular weight excluding hydrogens is 334 g/mol. The molecule has 122 valence electrons. The third-order valence-electron chi connectivity index (χ3n) is 2.59. The van der Waals surface area contributed by atoms with Crippen LogP contribution in [0.25, 0.3) is 0 Å². The summed E-state index contributed by atoms with van der Waals surface area (Å²) in [6.07, 6.45) is 0. The fraction of sp³-hybridized carbons (Fsp3) is 0.385. The van der Waals surface area contributed by atoms with Crippen molar-refractivity contribution in [2.45, 2.75) is 18.3 Å². The van der Waals surface area contributed by atoms with Gasteiger partial charge in [-0.05, 0) is 12.5 Å². The molecule has 0 aromatic heterocycles. The van der Waals surface area contributed by atoms with Gasteiger partial charge in [-0.2, -0.15) is 8.42 Å². The molecule has 0 saturated heterocycles.